The highest BCUT2D eigenvalue weighted by Crippen LogP contribution is 2.29. The number of hydrogen-bond donors (Lipinski definition) is 1. The number of nitrogens with one attached hydrogen (secondary N) is 1. The molecule has 0 atom stereocenters. The Hall–Kier alpha value is -2.40. The molecule has 23 heavy (non-hydrogen) atoms. The van der Waals surface area contributed by atoms with Crippen LogP contribution < -0.4 is 0 Å². The van der Waals surface area contributed by atoms with Crippen molar-refractivity contribution in [3.8, 4) is 0 Å². The van der Waals surface area contributed by atoms with Crippen LogP contribution in [0.1, 0.15) is 35.1 Å². The summed E-state index contributed by atoms with van der Waals surface area (Å²) in [5, 5.41) is 1.02. The van der Waals surface area contributed by atoms with Crippen molar-refractivity contribution in [1.82, 2.24) is 14.5 Å². The number of para-hydroxylation sites is 1. The van der Waals surface area contributed by atoms with E-state index in [4.69, 9.17) is 0 Å². The molecule has 4 nitrogen and oxygen atoms in total. The Balaban J connectivity index is 1.92. The zero-order valence-electron chi connectivity index (χ0n) is 13.1. The number of carbonyl (C=O) groups is 1. The maximum atomic E-state index is 13.1. The van der Waals surface area contributed by atoms with Gasteiger partial charge in [0.25, 0.3) is 0 Å². The zero-order valence-corrected chi connectivity index (χ0v) is 13.9. The van der Waals surface area contributed by atoms with Crippen LogP contribution in [0, 0.1) is 6.92 Å². The maximum Gasteiger partial charge on any atom is 0.211 e. The predicted octanol–water partition coefficient (Wildman–Crippen LogP) is 4.53. The minimum atomic E-state index is 0.0405. The molecule has 3 heterocycles. The molecule has 0 spiro atoms. The fourth-order valence-corrected chi connectivity index (χ4v) is 3.91. The van der Waals surface area contributed by atoms with Crippen molar-refractivity contribution in [2.45, 2.75) is 26.8 Å². The number of hydrogen-bond acceptors (Lipinski definition) is 3. The molecule has 0 saturated carbocycles. The summed E-state index contributed by atoms with van der Waals surface area (Å²) in [6.07, 6.45) is 1.04. The van der Waals surface area contributed by atoms with Crippen molar-refractivity contribution in [3.05, 3.63) is 52.8 Å². The Kier molecular flexibility index (Phi) is 3.31. The quantitative estimate of drug-likeness (QED) is 0.561. The van der Waals surface area contributed by atoms with Gasteiger partial charge >= 0.3 is 0 Å². The lowest BCUT2D eigenvalue weighted by molar-refractivity contribution is 0.103. The molecule has 0 bridgehead atoms. The van der Waals surface area contributed by atoms with Crippen molar-refractivity contribution in [1.29, 1.82) is 0 Å². The number of nitrogens with zero attached hydrogens (tertiary/aromatic N) is 2. The lowest BCUT2D eigenvalue weighted by Crippen LogP contribution is -2.05. The topological polar surface area (TPSA) is 50.7 Å². The lowest BCUT2D eigenvalue weighted by Gasteiger charge is -2.06. The van der Waals surface area contributed by atoms with Crippen LogP contribution in [-0.2, 0) is 6.54 Å². The highest BCUT2D eigenvalue weighted by Gasteiger charge is 2.22. The van der Waals surface area contributed by atoms with Crippen molar-refractivity contribution >= 4 is 38.4 Å². The fraction of sp³-hybridized carbons (Fsp3) is 0.222. The molecule has 0 aliphatic rings. The third kappa shape index (κ3) is 2.11. The molecule has 4 aromatic rings. The molecule has 4 rings (SSSR count). The number of rotatable bonds is 4. The van der Waals surface area contributed by atoms with E-state index in [1.54, 1.807) is 16.8 Å². The van der Waals surface area contributed by atoms with Crippen LogP contribution >= 0.6 is 11.3 Å². The van der Waals surface area contributed by atoms with Crippen molar-refractivity contribution < 1.29 is 4.79 Å². The third-order valence-electron chi connectivity index (χ3n) is 4.27. The van der Waals surface area contributed by atoms with Gasteiger partial charge in [-0.2, -0.15) is 0 Å². The Bertz CT molecular complexity index is 993. The van der Waals surface area contributed by atoms with Gasteiger partial charge in [-0.05, 0) is 25.5 Å². The zero-order chi connectivity index (χ0) is 16.0. The molecule has 1 aromatic carbocycles. The van der Waals surface area contributed by atoms with Crippen LogP contribution in [-0.4, -0.2) is 20.3 Å². The molecule has 0 amide bonds. The largest absolute Gasteiger partial charge is 0.344 e. The van der Waals surface area contributed by atoms with Crippen LogP contribution in [0.4, 0.5) is 0 Å². The summed E-state index contributed by atoms with van der Waals surface area (Å²) in [5.41, 5.74) is 6.14. The summed E-state index contributed by atoms with van der Waals surface area (Å²) in [7, 11) is 0. The van der Waals surface area contributed by atoms with E-state index in [0.29, 0.717) is 5.69 Å². The van der Waals surface area contributed by atoms with Gasteiger partial charge in [-0.1, -0.05) is 25.1 Å². The maximum absolute atomic E-state index is 13.1. The highest BCUT2D eigenvalue weighted by molar-refractivity contribution is 7.16. The monoisotopic (exact) mass is 323 g/mol. The number of thiazole rings is 1. The van der Waals surface area contributed by atoms with E-state index < -0.39 is 0 Å². The molecule has 0 saturated heterocycles. The van der Waals surface area contributed by atoms with Crippen molar-refractivity contribution in [2.24, 2.45) is 0 Å². The molecule has 0 radical (unpaired) electrons. The summed E-state index contributed by atoms with van der Waals surface area (Å²) < 4.78 is 3.26. The van der Waals surface area contributed by atoms with Gasteiger partial charge in [-0.25, -0.2) is 4.98 Å². The average molecular weight is 323 g/mol. The van der Waals surface area contributed by atoms with E-state index in [1.807, 2.05) is 31.2 Å². The van der Waals surface area contributed by atoms with Crippen LogP contribution in [0.5, 0.6) is 0 Å². The van der Waals surface area contributed by atoms with Crippen LogP contribution in [0.25, 0.3) is 21.3 Å². The van der Waals surface area contributed by atoms with Crippen molar-refractivity contribution in [2.75, 3.05) is 0 Å². The minimum absolute atomic E-state index is 0.0405. The molecule has 1 N–H and O–H groups in total. The van der Waals surface area contributed by atoms with Gasteiger partial charge in [0.15, 0.2) is 0 Å². The van der Waals surface area contributed by atoms with Gasteiger partial charge < -0.3 is 9.55 Å². The summed E-state index contributed by atoms with van der Waals surface area (Å²) >= 11 is 1.54. The first-order chi connectivity index (χ1) is 11.2. The summed E-state index contributed by atoms with van der Waals surface area (Å²) in [6.45, 7) is 5.11. The summed E-state index contributed by atoms with van der Waals surface area (Å²) in [6, 6.07) is 10.0. The van der Waals surface area contributed by atoms with Gasteiger partial charge in [-0.15, -0.1) is 11.3 Å². The van der Waals surface area contributed by atoms with E-state index in [9.17, 15) is 4.79 Å². The summed E-state index contributed by atoms with van der Waals surface area (Å²) in [4.78, 5) is 20.5. The van der Waals surface area contributed by atoms with Crippen LogP contribution in [0.3, 0.4) is 0 Å². The van der Waals surface area contributed by atoms with E-state index in [0.717, 1.165) is 45.5 Å². The van der Waals surface area contributed by atoms with Gasteiger partial charge in [0.05, 0.1) is 21.5 Å². The smallest absolute Gasteiger partial charge is 0.211 e. The second kappa shape index (κ2) is 5.35. The molecular weight excluding hydrogens is 306 g/mol. The summed E-state index contributed by atoms with van der Waals surface area (Å²) in [5.74, 6) is 0.0405. The standard InChI is InChI=1S/C18H17N3OS/c1-3-8-21-11(2)16(12-6-4-5-7-14(12)21)17(22)13-9-15-18(20-13)19-10-23-15/h4-7,9-10,20H,3,8H2,1-2H3. The number of aromatic nitrogens is 3. The number of carbonyl (C=O) groups excluding carboxylic acids is 1. The van der Waals surface area contributed by atoms with E-state index in [1.165, 1.54) is 0 Å². The molecule has 0 aliphatic carbocycles. The third-order valence-corrected chi connectivity index (χ3v) is 5.05. The van der Waals surface area contributed by atoms with Gasteiger partial charge in [-0.3, -0.25) is 4.79 Å². The second-order valence-corrected chi connectivity index (χ2v) is 6.59. The Morgan fingerprint density at radius 1 is 1.35 bits per heavy atom. The Morgan fingerprint density at radius 3 is 2.96 bits per heavy atom. The van der Waals surface area contributed by atoms with Crippen LogP contribution in [0.15, 0.2) is 35.8 Å². The second-order valence-electron chi connectivity index (χ2n) is 5.71. The van der Waals surface area contributed by atoms with Crippen molar-refractivity contribution in [3.63, 3.8) is 0 Å². The van der Waals surface area contributed by atoms with Gasteiger partial charge in [0.2, 0.25) is 5.78 Å². The highest BCUT2D eigenvalue weighted by atomic mass is 32.1. The number of fused-ring (bicyclic) bond motifs is 2. The normalized spacial score (nSPS) is 11.6. The molecule has 116 valence electrons. The first-order valence-electron chi connectivity index (χ1n) is 7.75. The molecule has 3 aromatic heterocycles. The van der Waals surface area contributed by atoms with E-state index >= 15 is 0 Å². The SMILES string of the molecule is CCCn1c(C)c(C(=O)c2cc3scnc3[nH]2)c2ccccc21. The number of ketones is 1. The Labute approximate surface area is 137 Å². The molecular formula is C18H17N3OS. The minimum Gasteiger partial charge on any atom is -0.344 e. The average Bonchev–Trinajstić information content (AvgIpc) is 3.20. The van der Waals surface area contributed by atoms with E-state index in [-0.39, 0.29) is 5.78 Å². The van der Waals surface area contributed by atoms with Crippen LogP contribution in [0.2, 0.25) is 0 Å². The molecule has 0 unspecified atom stereocenters. The number of H-pyrrole nitrogens is 1. The molecule has 0 aliphatic heterocycles. The predicted molar refractivity (Wildman–Crippen MR) is 94.4 cm³/mol. The first kappa shape index (κ1) is 14.2. The van der Waals surface area contributed by atoms with Gasteiger partial charge in [0, 0.05) is 23.1 Å². The molecule has 5 heteroatoms. The lowest BCUT2D eigenvalue weighted by atomic mass is 10.0. The first-order valence-corrected chi connectivity index (χ1v) is 8.63. The number of aryl methyl sites for hydroxylation is 1. The Morgan fingerprint density at radius 2 is 2.17 bits per heavy atom. The number of aromatic amines is 1. The fourth-order valence-electron chi connectivity index (χ4n) is 3.23. The van der Waals surface area contributed by atoms with Gasteiger partial charge in [0.1, 0.15) is 5.65 Å². The van der Waals surface area contributed by atoms with E-state index in [2.05, 4.69) is 27.5 Å². The number of benzene rings is 1. The molecule has 0 fully saturated rings.